The van der Waals surface area contributed by atoms with Crippen molar-refractivity contribution in [1.82, 2.24) is 5.32 Å². The summed E-state index contributed by atoms with van der Waals surface area (Å²) in [4.78, 5) is 0. The zero-order chi connectivity index (χ0) is 20.5. The Morgan fingerprint density at radius 1 is 0.607 bits per heavy atom. The quantitative estimate of drug-likeness (QED) is 0.458. The first-order valence-corrected chi connectivity index (χ1v) is 15.4. The summed E-state index contributed by atoms with van der Waals surface area (Å²) < 4.78 is 4.81. The third-order valence-electron chi connectivity index (χ3n) is 4.81. The Balaban J connectivity index is 0.000000500. The van der Waals surface area contributed by atoms with Crippen LogP contribution in [0.5, 0.6) is 0 Å². The number of nitrogens with one attached hydrogen (secondary N) is 1. The van der Waals surface area contributed by atoms with Crippen LogP contribution in [0.25, 0.3) is 0 Å². The van der Waals surface area contributed by atoms with Gasteiger partial charge in [-0.3, -0.25) is 0 Å². The Kier molecular flexibility index (Phi) is 9.35. The van der Waals surface area contributed by atoms with Gasteiger partial charge in [0.05, 0.1) is 0 Å². The summed E-state index contributed by atoms with van der Waals surface area (Å²) in [6.07, 6.45) is 0. The normalized spacial score (nSPS) is 10.5. The van der Waals surface area contributed by atoms with E-state index in [2.05, 4.69) is 114 Å². The molecule has 0 fully saturated rings. The van der Waals surface area contributed by atoms with E-state index in [1.54, 1.807) is 9.81 Å². The molecule has 0 unspecified atom stereocenters. The van der Waals surface area contributed by atoms with Crippen molar-refractivity contribution in [2.75, 3.05) is 13.1 Å². The molecule has 0 heterocycles. The third kappa shape index (κ3) is 6.00. The van der Waals surface area contributed by atoms with Crippen molar-refractivity contribution >= 4 is 31.6 Å². The summed E-state index contributed by atoms with van der Waals surface area (Å²) in [5.74, 6) is 0. The van der Waals surface area contributed by atoms with Crippen molar-refractivity contribution in [3.63, 3.8) is 0 Å². The van der Waals surface area contributed by atoms with Crippen LogP contribution in [0.3, 0.4) is 0 Å². The SMILES string of the molecule is CCNCC.Cc1cc[c]([Bi]([c]2ccccc2C)[c]2ccccc2C)c(C)c1. The average molecular weight is 570 g/mol. The Bertz CT molecular complexity index is 838. The topological polar surface area (TPSA) is 12.0 Å². The second-order valence-corrected chi connectivity index (χ2v) is 15.4. The molecule has 0 bridgehead atoms. The van der Waals surface area contributed by atoms with Crippen molar-refractivity contribution < 1.29 is 0 Å². The van der Waals surface area contributed by atoms with Crippen LogP contribution in [-0.2, 0) is 0 Å². The number of benzene rings is 3. The fourth-order valence-corrected chi connectivity index (χ4v) is 14.0. The summed E-state index contributed by atoms with van der Waals surface area (Å²) in [6, 6.07) is 25.0. The van der Waals surface area contributed by atoms with Crippen LogP contribution in [0.15, 0.2) is 66.7 Å². The van der Waals surface area contributed by atoms with E-state index in [1.165, 1.54) is 22.3 Å². The Morgan fingerprint density at radius 3 is 1.46 bits per heavy atom. The van der Waals surface area contributed by atoms with E-state index in [0.29, 0.717) is 0 Å². The average Bonchev–Trinajstić information content (AvgIpc) is 2.67. The zero-order valence-electron chi connectivity index (χ0n) is 18.2. The Morgan fingerprint density at radius 2 is 1.07 bits per heavy atom. The van der Waals surface area contributed by atoms with Gasteiger partial charge in [-0.05, 0) is 13.1 Å². The van der Waals surface area contributed by atoms with Gasteiger partial charge in [0.25, 0.3) is 0 Å². The minimum absolute atomic E-state index is 1.09. The van der Waals surface area contributed by atoms with E-state index in [1.807, 2.05) is 0 Å². The van der Waals surface area contributed by atoms with Crippen molar-refractivity contribution in [3.8, 4) is 0 Å². The van der Waals surface area contributed by atoms with E-state index in [-0.39, 0.29) is 0 Å². The van der Waals surface area contributed by atoms with Gasteiger partial charge in [0, 0.05) is 0 Å². The van der Waals surface area contributed by atoms with Gasteiger partial charge in [-0.1, -0.05) is 13.8 Å². The molecular weight excluding hydrogens is 535 g/mol. The van der Waals surface area contributed by atoms with Gasteiger partial charge in [-0.15, -0.1) is 0 Å². The van der Waals surface area contributed by atoms with E-state index in [4.69, 9.17) is 0 Å². The van der Waals surface area contributed by atoms with Crippen LogP contribution in [0.2, 0.25) is 0 Å². The summed E-state index contributed by atoms with van der Waals surface area (Å²) in [5.41, 5.74) is 5.68. The fourth-order valence-electron chi connectivity index (χ4n) is 3.32. The molecule has 3 rings (SSSR count). The van der Waals surface area contributed by atoms with Crippen LogP contribution in [0.1, 0.15) is 36.1 Å². The summed E-state index contributed by atoms with van der Waals surface area (Å²) in [6.45, 7) is 15.4. The molecule has 148 valence electrons. The molecule has 2 heteroatoms. The molecule has 0 saturated heterocycles. The first-order valence-electron chi connectivity index (χ1n) is 10.2. The molecule has 1 nitrogen and oxygen atoms in total. The molecule has 0 spiro atoms. The molecular formula is C26H34BiN. The number of aryl methyl sites for hydroxylation is 4. The Labute approximate surface area is 179 Å². The van der Waals surface area contributed by atoms with Gasteiger partial charge >= 0.3 is 148 Å². The van der Waals surface area contributed by atoms with Gasteiger partial charge in [0.2, 0.25) is 0 Å². The molecule has 28 heavy (non-hydrogen) atoms. The van der Waals surface area contributed by atoms with Crippen LogP contribution >= 0.6 is 0 Å². The van der Waals surface area contributed by atoms with E-state index in [9.17, 15) is 0 Å². The molecule has 1 N–H and O–H groups in total. The molecule has 0 saturated carbocycles. The Hall–Kier alpha value is -1.50. The van der Waals surface area contributed by atoms with Crippen LogP contribution in [-0.4, -0.2) is 34.8 Å². The summed E-state index contributed by atoms with van der Waals surface area (Å²) >= 11 is -2.26. The number of rotatable bonds is 5. The van der Waals surface area contributed by atoms with Gasteiger partial charge in [0.1, 0.15) is 0 Å². The molecule has 0 amide bonds. The predicted molar refractivity (Wildman–Crippen MR) is 127 cm³/mol. The molecule has 3 aromatic rings. The van der Waals surface area contributed by atoms with E-state index < -0.39 is 21.8 Å². The van der Waals surface area contributed by atoms with Crippen molar-refractivity contribution in [2.24, 2.45) is 0 Å². The molecule has 3 aromatic carbocycles. The molecule has 0 aromatic heterocycles. The standard InChI is InChI=1S/C8H9.2C7H7.C4H11N.Bi/c1-7-4-3-5-8(2)6-7;2*1-7-5-3-2-4-6-7;1-3-5-4-2;/h3-4,6H,1-2H3;2*2-5H,1H3;5H,3-4H2,1-2H3;. The van der Waals surface area contributed by atoms with Crippen LogP contribution in [0, 0.1) is 27.7 Å². The monoisotopic (exact) mass is 569 g/mol. The number of hydrogen-bond donors (Lipinski definition) is 1. The van der Waals surface area contributed by atoms with Crippen molar-refractivity contribution in [3.05, 3.63) is 89.0 Å². The second kappa shape index (κ2) is 11.5. The van der Waals surface area contributed by atoms with Crippen molar-refractivity contribution in [2.45, 2.75) is 41.5 Å². The minimum atomic E-state index is -2.26. The van der Waals surface area contributed by atoms with Gasteiger partial charge < -0.3 is 5.32 Å². The maximum absolute atomic E-state index is 3.11. The summed E-state index contributed by atoms with van der Waals surface area (Å²) in [7, 11) is 0. The van der Waals surface area contributed by atoms with Gasteiger partial charge in [-0.2, -0.15) is 0 Å². The van der Waals surface area contributed by atoms with Crippen molar-refractivity contribution in [1.29, 1.82) is 0 Å². The number of hydrogen-bond acceptors (Lipinski definition) is 1. The van der Waals surface area contributed by atoms with Gasteiger partial charge in [0.15, 0.2) is 0 Å². The third-order valence-corrected chi connectivity index (χ3v) is 16.3. The molecule has 0 aliphatic heterocycles. The van der Waals surface area contributed by atoms with E-state index >= 15 is 0 Å². The predicted octanol–water partition coefficient (Wildman–Crippen LogP) is 4.05. The second-order valence-electron chi connectivity index (χ2n) is 7.16. The molecule has 0 radical (unpaired) electrons. The molecule has 0 aliphatic carbocycles. The molecule has 0 aliphatic rings. The first kappa shape index (κ1) is 22.8. The zero-order valence-corrected chi connectivity index (χ0v) is 21.7. The first-order chi connectivity index (χ1) is 13.5. The van der Waals surface area contributed by atoms with E-state index in [0.717, 1.165) is 13.1 Å². The summed E-state index contributed by atoms with van der Waals surface area (Å²) in [5, 5.41) is 3.11. The fraction of sp³-hybridized carbons (Fsp3) is 0.308. The van der Waals surface area contributed by atoms with Gasteiger partial charge in [-0.25, -0.2) is 0 Å². The maximum atomic E-state index is 3.11. The van der Waals surface area contributed by atoms with Crippen LogP contribution in [0.4, 0.5) is 0 Å². The molecule has 0 atom stereocenters. The van der Waals surface area contributed by atoms with Crippen LogP contribution < -0.4 is 15.1 Å².